The number of piperazine rings is 1. The van der Waals surface area contributed by atoms with Gasteiger partial charge in [-0.3, -0.25) is 14.4 Å². The average Bonchev–Trinajstić information content (AvgIpc) is 3.58. The van der Waals surface area contributed by atoms with Gasteiger partial charge in [-0.2, -0.15) is 0 Å². The van der Waals surface area contributed by atoms with E-state index < -0.39 is 39.8 Å². The topological polar surface area (TPSA) is 167 Å². The van der Waals surface area contributed by atoms with Gasteiger partial charge >= 0.3 is 12.1 Å². The number of pyridine rings is 1. The molecular formula is C33H45N5O8S. The largest absolute Gasteiger partial charge is 0.481 e. The molecule has 3 amide bonds. The van der Waals surface area contributed by atoms with Crippen molar-refractivity contribution < 1.29 is 37.4 Å². The lowest BCUT2D eigenvalue weighted by Gasteiger charge is -2.36. The summed E-state index contributed by atoms with van der Waals surface area (Å²) in [7, 11) is -1.53. The molecule has 2 aliphatic rings. The summed E-state index contributed by atoms with van der Waals surface area (Å²) in [5.74, 6) is -1.71. The van der Waals surface area contributed by atoms with E-state index in [-0.39, 0.29) is 57.0 Å². The van der Waals surface area contributed by atoms with Crippen LogP contribution in [0.5, 0.6) is 0 Å². The minimum Gasteiger partial charge on any atom is -0.481 e. The van der Waals surface area contributed by atoms with Gasteiger partial charge in [-0.05, 0) is 30.9 Å². The number of carbonyl (C=O) groups excluding carboxylic acids is 3. The van der Waals surface area contributed by atoms with E-state index in [1.165, 1.54) is 36.6 Å². The van der Waals surface area contributed by atoms with Crippen molar-refractivity contribution in [1.82, 2.24) is 20.1 Å². The van der Waals surface area contributed by atoms with Crippen LogP contribution in [0.25, 0.3) is 11.3 Å². The maximum Gasteiger partial charge on any atom is 0.409 e. The van der Waals surface area contributed by atoms with Crippen molar-refractivity contribution in [2.75, 3.05) is 63.3 Å². The van der Waals surface area contributed by atoms with Gasteiger partial charge in [0.1, 0.15) is 21.6 Å². The predicted octanol–water partition coefficient (Wildman–Crippen LogP) is 3.05. The van der Waals surface area contributed by atoms with Gasteiger partial charge in [0.05, 0.1) is 18.1 Å². The van der Waals surface area contributed by atoms with E-state index in [4.69, 9.17) is 4.74 Å². The summed E-state index contributed by atoms with van der Waals surface area (Å²) in [4.78, 5) is 60.6. The zero-order chi connectivity index (χ0) is 34.0. The highest BCUT2D eigenvalue weighted by molar-refractivity contribution is 7.90. The number of aromatic nitrogens is 1. The molecule has 0 spiro atoms. The van der Waals surface area contributed by atoms with E-state index in [0.29, 0.717) is 23.9 Å². The summed E-state index contributed by atoms with van der Waals surface area (Å²) in [5, 5.41) is 12.1. The van der Waals surface area contributed by atoms with Crippen LogP contribution < -0.4 is 10.2 Å². The van der Waals surface area contributed by atoms with Crippen LogP contribution in [0.2, 0.25) is 0 Å². The monoisotopic (exact) mass is 671 g/mol. The fourth-order valence-corrected chi connectivity index (χ4v) is 6.44. The number of hydrogen-bond acceptors (Lipinski definition) is 9. The van der Waals surface area contributed by atoms with Gasteiger partial charge < -0.3 is 29.9 Å². The number of carboxylic acids is 1. The van der Waals surface area contributed by atoms with Crippen molar-refractivity contribution in [3.05, 3.63) is 48.2 Å². The average molecular weight is 672 g/mol. The second-order valence-corrected chi connectivity index (χ2v) is 14.6. The number of nitrogens with one attached hydrogen (secondary N) is 1. The summed E-state index contributed by atoms with van der Waals surface area (Å²) in [6.45, 7) is 1.51. The fourth-order valence-electron chi connectivity index (χ4n) is 5.83. The Morgan fingerprint density at radius 1 is 1.04 bits per heavy atom. The molecule has 2 N–H and O–H groups in total. The first kappa shape index (κ1) is 35.7. The Labute approximate surface area is 276 Å². The van der Waals surface area contributed by atoms with Crippen LogP contribution in [0.15, 0.2) is 42.5 Å². The van der Waals surface area contributed by atoms with Crippen LogP contribution in [0, 0.1) is 5.92 Å². The van der Waals surface area contributed by atoms with E-state index >= 15 is 0 Å². The number of carbonyl (C=O) groups is 4. The van der Waals surface area contributed by atoms with E-state index in [2.05, 4.69) is 10.3 Å². The van der Waals surface area contributed by atoms with Crippen LogP contribution in [0.3, 0.4) is 0 Å². The van der Waals surface area contributed by atoms with Gasteiger partial charge in [0, 0.05) is 63.7 Å². The lowest BCUT2D eigenvalue weighted by Crippen LogP contribution is -2.56. The molecule has 2 fully saturated rings. The summed E-state index contributed by atoms with van der Waals surface area (Å²) in [5.41, 5.74) is 1.74. The van der Waals surface area contributed by atoms with Gasteiger partial charge in [-0.25, -0.2) is 18.2 Å². The molecule has 0 unspecified atom stereocenters. The lowest BCUT2D eigenvalue weighted by molar-refractivity contribution is -0.138. The number of sulfone groups is 1. The number of aliphatic carboxylic acids is 1. The highest BCUT2D eigenvalue weighted by atomic mass is 32.2. The third kappa shape index (κ3) is 10.9. The molecule has 0 bridgehead atoms. The molecule has 47 heavy (non-hydrogen) atoms. The third-order valence-corrected chi connectivity index (χ3v) is 9.60. The fraction of sp³-hybridized carbons (Fsp3) is 0.545. The van der Waals surface area contributed by atoms with E-state index in [0.717, 1.165) is 18.2 Å². The molecule has 14 heteroatoms. The summed E-state index contributed by atoms with van der Waals surface area (Å²) in [6, 6.07) is 11.3. The Morgan fingerprint density at radius 2 is 1.70 bits per heavy atom. The van der Waals surface area contributed by atoms with E-state index in [1.54, 1.807) is 22.9 Å². The molecule has 1 saturated carbocycles. The van der Waals surface area contributed by atoms with Crippen molar-refractivity contribution in [2.24, 2.45) is 5.92 Å². The van der Waals surface area contributed by atoms with Crippen molar-refractivity contribution in [3.63, 3.8) is 0 Å². The Bertz CT molecular complexity index is 1510. The molecule has 1 saturated heterocycles. The SMILES string of the molecule is CN(CCS(C)(=O)=O)c1cc(C(=O)N[C@@H](CCC(=O)O)C(=O)N2CCN(C(=O)OCCC3CCCC3)CC2)nc(-c2ccccc2)c1. The summed E-state index contributed by atoms with van der Waals surface area (Å²) in [6.07, 6.45) is 5.93. The molecule has 2 aromatic rings. The van der Waals surface area contributed by atoms with Crippen LogP contribution >= 0.6 is 0 Å². The quantitative estimate of drug-likeness (QED) is 0.305. The van der Waals surface area contributed by atoms with Gasteiger partial charge in [0.25, 0.3) is 5.91 Å². The van der Waals surface area contributed by atoms with Gasteiger partial charge in [0.15, 0.2) is 0 Å². The normalized spacial score (nSPS) is 16.0. The molecule has 1 aliphatic carbocycles. The van der Waals surface area contributed by atoms with Gasteiger partial charge in [0.2, 0.25) is 5.91 Å². The molecule has 1 aromatic heterocycles. The molecular weight excluding hydrogens is 626 g/mol. The number of benzene rings is 1. The molecule has 1 aromatic carbocycles. The molecule has 4 rings (SSSR count). The Morgan fingerprint density at radius 3 is 2.34 bits per heavy atom. The number of carboxylic acid groups (broad SMARTS) is 1. The number of rotatable bonds is 14. The molecule has 1 aliphatic heterocycles. The smallest absolute Gasteiger partial charge is 0.409 e. The van der Waals surface area contributed by atoms with Crippen molar-refractivity contribution in [2.45, 2.75) is 51.0 Å². The second-order valence-electron chi connectivity index (χ2n) is 12.3. The number of anilines is 1. The van der Waals surface area contributed by atoms with Crippen molar-refractivity contribution in [3.8, 4) is 11.3 Å². The Hall–Kier alpha value is -4.20. The Kier molecular flexibility index (Phi) is 12.6. The van der Waals surface area contributed by atoms with Crippen LogP contribution in [0.1, 0.15) is 55.4 Å². The van der Waals surface area contributed by atoms with Crippen molar-refractivity contribution in [1.29, 1.82) is 0 Å². The number of nitrogens with zero attached hydrogens (tertiary/aromatic N) is 4. The molecule has 0 radical (unpaired) electrons. The third-order valence-electron chi connectivity index (χ3n) is 8.68. The standard InChI is InChI=1S/C33H45N5O8S/c1-36(19-21-47(2,44)45)26-22-28(25-10-4-3-5-11-25)34-29(23-26)31(41)35-27(12-13-30(39)40)32(42)37-15-17-38(18-16-37)33(43)46-20-14-24-8-6-7-9-24/h3-5,10-11,22-24,27H,6-9,12-21H2,1-2H3,(H,35,41)(H,39,40)/t27-/m0/s1. The minimum absolute atomic E-state index is 0.00847. The second kappa shape index (κ2) is 16.6. The first-order valence-electron chi connectivity index (χ1n) is 16.1. The number of ether oxygens (including phenoxy) is 1. The maximum atomic E-state index is 13.6. The first-order chi connectivity index (χ1) is 22.4. The Balaban J connectivity index is 1.44. The van der Waals surface area contributed by atoms with Crippen molar-refractivity contribution >= 4 is 39.4 Å². The molecule has 1 atom stereocenters. The zero-order valence-corrected chi connectivity index (χ0v) is 27.9. The zero-order valence-electron chi connectivity index (χ0n) is 27.1. The van der Waals surface area contributed by atoms with Gasteiger partial charge in [-0.15, -0.1) is 0 Å². The highest BCUT2D eigenvalue weighted by Crippen LogP contribution is 2.27. The van der Waals surface area contributed by atoms with Crippen LogP contribution in [-0.2, 0) is 24.2 Å². The molecule has 2 heterocycles. The summed E-state index contributed by atoms with van der Waals surface area (Å²) < 4.78 is 29.0. The molecule has 256 valence electrons. The minimum atomic E-state index is -3.24. The van der Waals surface area contributed by atoms with Crippen LogP contribution in [0.4, 0.5) is 10.5 Å². The van der Waals surface area contributed by atoms with E-state index in [1.807, 2.05) is 30.3 Å². The maximum absolute atomic E-state index is 13.6. The van der Waals surface area contributed by atoms with Crippen LogP contribution in [-0.4, -0.2) is 117 Å². The number of hydrogen-bond donors (Lipinski definition) is 2. The molecule has 13 nitrogen and oxygen atoms in total. The highest BCUT2D eigenvalue weighted by Gasteiger charge is 2.31. The van der Waals surface area contributed by atoms with E-state index in [9.17, 15) is 32.7 Å². The summed E-state index contributed by atoms with van der Waals surface area (Å²) >= 11 is 0. The van der Waals surface area contributed by atoms with Gasteiger partial charge in [-0.1, -0.05) is 56.0 Å². The predicted molar refractivity (Wildman–Crippen MR) is 177 cm³/mol. The first-order valence-corrected chi connectivity index (χ1v) is 18.1. The number of amides is 3. The lowest BCUT2D eigenvalue weighted by atomic mass is 10.1.